The fourth-order valence-corrected chi connectivity index (χ4v) is 4.85. The maximum absolute atomic E-state index is 11.8. The van der Waals surface area contributed by atoms with Gasteiger partial charge >= 0.3 is 0 Å². The van der Waals surface area contributed by atoms with Crippen LogP contribution in [0.3, 0.4) is 0 Å². The zero-order chi connectivity index (χ0) is 13.2. The lowest BCUT2D eigenvalue weighted by atomic mass is 10.3. The Morgan fingerprint density at radius 3 is 2.89 bits per heavy atom. The first-order valence-corrected chi connectivity index (χ1v) is 9.21. The van der Waals surface area contributed by atoms with E-state index in [0.29, 0.717) is 24.0 Å². The molecule has 2 heterocycles. The van der Waals surface area contributed by atoms with Crippen molar-refractivity contribution in [2.45, 2.75) is 11.3 Å². The van der Waals surface area contributed by atoms with E-state index in [0.717, 1.165) is 11.3 Å². The van der Waals surface area contributed by atoms with E-state index in [1.807, 2.05) is 17.0 Å². The molecule has 1 aromatic rings. The summed E-state index contributed by atoms with van der Waals surface area (Å²) < 4.78 is 23.6. The van der Waals surface area contributed by atoms with Crippen LogP contribution in [-0.4, -0.2) is 43.1 Å². The van der Waals surface area contributed by atoms with Crippen molar-refractivity contribution in [2.24, 2.45) is 0 Å². The van der Waals surface area contributed by atoms with Gasteiger partial charge in [-0.25, -0.2) is 13.4 Å². The SMILES string of the molecule is CS(=O)(=O)C1CSCCN1c1ccc(CCl)cn1. The highest BCUT2D eigenvalue weighted by Crippen LogP contribution is 2.25. The molecule has 0 aromatic carbocycles. The van der Waals surface area contributed by atoms with E-state index in [-0.39, 0.29) is 0 Å². The van der Waals surface area contributed by atoms with Crippen molar-refractivity contribution < 1.29 is 8.42 Å². The highest BCUT2D eigenvalue weighted by Gasteiger charge is 2.31. The number of sulfone groups is 1. The molecule has 7 heteroatoms. The molecule has 2 rings (SSSR count). The third-order valence-corrected chi connectivity index (χ3v) is 5.79. The molecule has 0 bridgehead atoms. The summed E-state index contributed by atoms with van der Waals surface area (Å²) in [6.07, 6.45) is 2.98. The molecule has 0 spiro atoms. The maximum atomic E-state index is 11.8. The summed E-state index contributed by atoms with van der Waals surface area (Å²) >= 11 is 7.38. The minimum atomic E-state index is -3.10. The minimum absolute atomic E-state index is 0.415. The van der Waals surface area contributed by atoms with Crippen LogP contribution in [0.25, 0.3) is 0 Å². The summed E-state index contributed by atoms with van der Waals surface area (Å²) in [4.78, 5) is 6.17. The van der Waals surface area contributed by atoms with Crippen LogP contribution in [0.5, 0.6) is 0 Å². The molecule has 1 aliphatic rings. The van der Waals surface area contributed by atoms with E-state index in [9.17, 15) is 8.42 Å². The Morgan fingerprint density at radius 2 is 2.33 bits per heavy atom. The van der Waals surface area contributed by atoms with Crippen LogP contribution < -0.4 is 4.90 Å². The van der Waals surface area contributed by atoms with Crippen molar-refractivity contribution in [3.05, 3.63) is 23.9 Å². The normalized spacial score (nSPS) is 21.0. The van der Waals surface area contributed by atoms with Crippen LogP contribution in [0.2, 0.25) is 0 Å². The molecule has 4 nitrogen and oxygen atoms in total. The van der Waals surface area contributed by atoms with Gasteiger partial charge in [-0.15, -0.1) is 11.6 Å². The summed E-state index contributed by atoms with van der Waals surface area (Å²) in [6, 6.07) is 3.72. The molecule has 1 atom stereocenters. The van der Waals surface area contributed by atoms with Gasteiger partial charge < -0.3 is 4.90 Å². The van der Waals surface area contributed by atoms with E-state index in [1.165, 1.54) is 6.26 Å². The predicted octanol–water partition coefficient (Wildman–Crippen LogP) is 1.74. The van der Waals surface area contributed by atoms with Crippen molar-refractivity contribution in [2.75, 3.05) is 29.2 Å². The Morgan fingerprint density at radius 1 is 1.56 bits per heavy atom. The zero-order valence-electron chi connectivity index (χ0n) is 10.0. The number of hydrogen-bond acceptors (Lipinski definition) is 5. The molecule has 1 fully saturated rings. The molecular weight excluding hydrogens is 292 g/mol. The van der Waals surface area contributed by atoms with E-state index in [4.69, 9.17) is 11.6 Å². The van der Waals surface area contributed by atoms with E-state index >= 15 is 0 Å². The minimum Gasteiger partial charge on any atom is -0.338 e. The summed E-state index contributed by atoms with van der Waals surface area (Å²) in [7, 11) is -3.10. The quantitative estimate of drug-likeness (QED) is 0.796. The van der Waals surface area contributed by atoms with Crippen LogP contribution in [0, 0.1) is 0 Å². The largest absolute Gasteiger partial charge is 0.338 e. The van der Waals surface area contributed by atoms with Gasteiger partial charge in [0.15, 0.2) is 9.84 Å². The smallest absolute Gasteiger partial charge is 0.169 e. The lowest BCUT2D eigenvalue weighted by Crippen LogP contribution is -2.47. The lowest BCUT2D eigenvalue weighted by molar-refractivity contribution is 0.583. The summed E-state index contributed by atoms with van der Waals surface area (Å²) in [5.41, 5.74) is 0.933. The molecule has 1 aromatic heterocycles. The highest BCUT2D eigenvalue weighted by molar-refractivity contribution is 8.01. The molecule has 18 heavy (non-hydrogen) atoms. The van der Waals surface area contributed by atoms with Gasteiger partial charge in [-0.1, -0.05) is 6.07 Å². The molecule has 0 radical (unpaired) electrons. The predicted molar refractivity (Wildman–Crippen MR) is 77.1 cm³/mol. The first-order chi connectivity index (χ1) is 8.52. The van der Waals surface area contributed by atoms with Crippen LogP contribution >= 0.6 is 23.4 Å². The standard InChI is InChI=1S/C11H15ClN2O2S2/c1-18(15,16)11-8-17-5-4-14(11)10-3-2-9(6-12)7-13-10/h2-3,7,11H,4-6,8H2,1H3. The number of thioether (sulfide) groups is 1. The van der Waals surface area contributed by atoms with E-state index in [2.05, 4.69) is 4.98 Å². The molecule has 100 valence electrons. The maximum Gasteiger partial charge on any atom is 0.169 e. The second-order valence-corrected chi connectivity index (χ2v) is 7.83. The van der Waals surface area contributed by atoms with Gasteiger partial charge in [0, 0.05) is 36.4 Å². The van der Waals surface area contributed by atoms with Crippen molar-refractivity contribution in [3.8, 4) is 0 Å². The third kappa shape index (κ3) is 3.10. The molecule has 1 aliphatic heterocycles. The Labute approximate surface area is 117 Å². The number of aromatic nitrogens is 1. The third-order valence-electron chi connectivity index (χ3n) is 2.84. The monoisotopic (exact) mass is 306 g/mol. The number of halogens is 1. The fourth-order valence-electron chi connectivity index (χ4n) is 1.86. The summed E-state index contributed by atoms with van der Waals surface area (Å²) in [6.45, 7) is 0.704. The number of pyridine rings is 1. The second-order valence-electron chi connectivity index (χ2n) is 4.21. The van der Waals surface area contributed by atoms with Crippen molar-refractivity contribution in [3.63, 3.8) is 0 Å². The van der Waals surface area contributed by atoms with Crippen molar-refractivity contribution in [1.29, 1.82) is 0 Å². The molecule has 0 saturated carbocycles. The molecule has 0 N–H and O–H groups in total. The van der Waals surface area contributed by atoms with Crippen molar-refractivity contribution >= 4 is 39.0 Å². The topological polar surface area (TPSA) is 50.3 Å². The fraction of sp³-hybridized carbons (Fsp3) is 0.545. The molecular formula is C11H15ClN2O2S2. The first kappa shape index (κ1) is 14.0. The number of nitrogens with zero attached hydrogens (tertiary/aromatic N) is 2. The number of rotatable bonds is 3. The van der Waals surface area contributed by atoms with Crippen LogP contribution in [0.4, 0.5) is 5.82 Å². The molecule has 0 amide bonds. The molecule has 0 aliphatic carbocycles. The average molecular weight is 307 g/mol. The first-order valence-electron chi connectivity index (χ1n) is 5.56. The number of anilines is 1. The highest BCUT2D eigenvalue weighted by atomic mass is 35.5. The number of hydrogen-bond donors (Lipinski definition) is 0. The Kier molecular flexibility index (Phi) is 4.40. The second kappa shape index (κ2) is 5.67. The van der Waals surface area contributed by atoms with Gasteiger partial charge in [0.05, 0.1) is 0 Å². The van der Waals surface area contributed by atoms with Crippen LogP contribution in [0.15, 0.2) is 18.3 Å². The molecule has 1 unspecified atom stereocenters. The van der Waals surface area contributed by atoms with Gasteiger partial charge in [-0.2, -0.15) is 11.8 Å². The Bertz CT molecular complexity index is 504. The van der Waals surface area contributed by atoms with E-state index < -0.39 is 15.2 Å². The Balaban J connectivity index is 2.28. The molecule has 1 saturated heterocycles. The average Bonchev–Trinajstić information content (AvgIpc) is 2.38. The van der Waals surface area contributed by atoms with E-state index in [1.54, 1.807) is 18.0 Å². The van der Waals surface area contributed by atoms with Gasteiger partial charge in [0.1, 0.15) is 11.2 Å². The zero-order valence-corrected chi connectivity index (χ0v) is 12.4. The van der Waals surface area contributed by atoms with Crippen LogP contribution in [0.1, 0.15) is 5.56 Å². The van der Waals surface area contributed by atoms with Gasteiger partial charge in [-0.3, -0.25) is 0 Å². The Hall–Kier alpha value is -0.460. The summed E-state index contributed by atoms with van der Waals surface area (Å²) in [5, 5.41) is -0.481. The van der Waals surface area contributed by atoms with Gasteiger partial charge in [0.25, 0.3) is 0 Å². The van der Waals surface area contributed by atoms with Gasteiger partial charge in [0.2, 0.25) is 0 Å². The lowest BCUT2D eigenvalue weighted by Gasteiger charge is -2.34. The van der Waals surface area contributed by atoms with Crippen LogP contribution in [-0.2, 0) is 15.7 Å². The summed E-state index contributed by atoms with van der Waals surface area (Å²) in [5.74, 6) is 2.64. The van der Waals surface area contributed by atoms with Crippen molar-refractivity contribution in [1.82, 2.24) is 4.98 Å². The van der Waals surface area contributed by atoms with Gasteiger partial charge in [-0.05, 0) is 11.6 Å². The number of alkyl halides is 1.